The highest BCUT2D eigenvalue weighted by atomic mass is 16.6. The summed E-state index contributed by atoms with van der Waals surface area (Å²) in [6.07, 6.45) is 0.989. The lowest BCUT2D eigenvalue weighted by Gasteiger charge is -2.38. The minimum absolute atomic E-state index is 0.0236. The molecule has 1 saturated heterocycles. The Balaban J connectivity index is 2.04. The van der Waals surface area contributed by atoms with Crippen molar-refractivity contribution in [3.8, 4) is 0 Å². The fraction of sp³-hybridized carbons (Fsp3) is 0.452. The molecule has 7 heteroatoms. The maximum Gasteiger partial charge on any atom is 0.418 e. The third-order valence-electron chi connectivity index (χ3n) is 6.47. The number of imide groups is 1. The standard InChI is InChI=1S/C31H40N2O5/c1-21(2)18-19-23(20-32-28(35)37-30(5,6)7)27(34)33-26(22(3)4)31(38-29(33)36,24-14-10-8-11-15-24)25-16-12-9-13-17-25/h8-18,22-23,26H,19-20H2,1-7H3,(H,32,35). The highest BCUT2D eigenvalue weighted by Crippen LogP contribution is 2.47. The van der Waals surface area contributed by atoms with Gasteiger partial charge < -0.3 is 14.8 Å². The Kier molecular flexibility index (Phi) is 9.02. The maximum atomic E-state index is 14.1. The fourth-order valence-corrected chi connectivity index (χ4v) is 4.90. The molecule has 1 fully saturated rings. The van der Waals surface area contributed by atoms with Crippen LogP contribution >= 0.6 is 0 Å². The van der Waals surface area contributed by atoms with Gasteiger partial charge in [-0.05, 0) is 47.0 Å². The van der Waals surface area contributed by atoms with Crippen molar-refractivity contribution in [2.45, 2.75) is 72.1 Å². The molecule has 1 aliphatic rings. The summed E-state index contributed by atoms with van der Waals surface area (Å²) >= 11 is 0. The molecule has 1 N–H and O–H groups in total. The van der Waals surface area contributed by atoms with Gasteiger partial charge in [-0.15, -0.1) is 0 Å². The number of hydrogen-bond donors (Lipinski definition) is 1. The molecule has 3 rings (SSSR count). The molecule has 2 aromatic carbocycles. The van der Waals surface area contributed by atoms with Crippen LogP contribution < -0.4 is 5.32 Å². The number of rotatable bonds is 8. The van der Waals surface area contributed by atoms with Gasteiger partial charge in [-0.3, -0.25) is 4.79 Å². The molecule has 0 aliphatic carbocycles. The normalized spacial score (nSPS) is 17.5. The molecule has 0 spiro atoms. The van der Waals surface area contributed by atoms with Gasteiger partial charge in [0.1, 0.15) is 5.60 Å². The predicted octanol–water partition coefficient (Wildman–Crippen LogP) is 6.43. The van der Waals surface area contributed by atoms with Crippen LogP contribution in [-0.2, 0) is 19.9 Å². The quantitative estimate of drug-likeness (QED) is 0.406. The number of carbonyl (C=O) groups excluding carboxylic acids is 3. The first-order valence-electron chi connectivity index (χ1n) is 13.1. The Hall–Kier alpha value is -3.61. The molecular weight excluding hydrogens is 480 g/mol. The van der Waals surface area contributed by atoms with Crippen molar-refractivity contribution in [3.63, 3.8) is 0 Å². The number of ether oxygens (including phenoxy) is 2. The van der Waals surface area contributed by atoms with Crippen LogP contribution in [0.1, 0.15) is 66.0 Å². The smallest absolute Gasteiger partial charge is 0.418 e. The molecule has 0 radical (unpaired) electrons. The average Bonchev–Trinajstić information content (AvgIpc) is 3.17. The molecular formula is C31H40N2O5. The molecule has 2 aromatic rings. The minimum atomic E-state index is -1.18. The number of alkyl carbamates (subject to hydrolysis) is 1. The van der Waals surface area contributed by atoms with Crippen LogP contribution in [0.25, 0.3) is 0 Å². The van der Waals surface area contributed by atoms with Gasteiger partial charge in [0.05, 0.1) is 12.0 Å². The first kappa shape index (κ1) is 29.0. The number of allylic oxidation sites excluding steroid dienone is 2. The van der Waals surface area contributed by atoms with E-state index in [-0.39, 0.29) is 12.5 Å². The zero-order valence-corrected chi connectivity index (χ0v) is 23.5. The lowest BCUT2D eigenvalue weighted by molar-refractivity contribution is -0.134. The van der Waals surface area contributed by atoms with E-state index >= 15 is 0 Å². The van der Waals surface area contributed by atoms with Crippen molar-refractivity contribution in [2.24, 2.45) is 11.8 Å². The van der Waals surface area contributed by atoms with Gasteiger partial charge in [0.15, 0.2) is 5.60 Å². The third kappa shape index (κ3) is 6.44. The van der Waals surface area contributed by atoms with Gasteiger partial charge in [-0.1, -0.05) is 86.2 Å². The van der Waals surface area contributed by atoms with Crippen LogP contribution in [0.15, 0.2) is 72.3 Å². The first-order valence-corrected chi connectivity index (χ1v) is 13.1. The Labute approximate surface area is 226 Å². The zero-order chi connectivity index (χ0) is 28.1. The summed E-state index contributed by atoms with van der Waals surface area (Å²) in [5, 5.41) is 2.72. The molecule has 7 nitrogen and oxygen atoms in total. The zero-order valence-electron chi connectivity index (χ0n) is 23.5. The summed E-state index contributed by atoms with van der Waals surface area (Å²) in [4.78, 5) is 41.4. The van der Waals surface area contributed by atoms with E-state index in [4.69, 9.17) is 9.47 Å². The van der Waals surface area contributed by atoms with Crippen LogP contribution in [0.4, 0.5) is 9.59 Å². The highest BCUT2D eigenvalue weighted by molar-refractivity contribution is 5.96. The monoisotopic (exact) mass is 520 g/mol. The van der Waals surface area contributed by atoms with Crippen molar-refractivity contribution >= 4 is 18.1 Å². The van der Waals surface area contributed by atoms with Crippen molar-refractivity contribution in [1.29, 1.82) is 0 Å². The van der Waals surface area contributed by atoms with Crippen LogP contribution in [0.5, 0.6) is 0 Å². The molecule has 38 heavy (non-hydrogen) atoms. The molecule has 2 atom stereocenters. The Morgan fingerprint density at radius 1 is 1.03 bits per heavy atom. The second kappa shape index (κ2) is 11.8. The summed E-state index contributed by atoms with van der Waals surface area (Å²) in [6.45, 7) is 13.2. The topological polar surface area (TPSA) is 84.9 Å². The van der Waals surface area contributed by atoms with Crippen LogP contribution in [0.2, 0.25) is 0 Å². The summed E-state index contributed by atoms with van der Waals surface area (Å²) in [5.41, 5.74) is 0.772. The van der Waals surface area contributed by atoms with E-state index in [2.05, 4.69) is 5.32 Å². The molecule has 0 saturated carbocycles. The van der Waals surface area contributed by atoms with E-state index in [1.807, 2.05) is 94.4 Å². The van der Waals surface area contributed by atoms with Gasteiger partial charge in [-0.25, -0.2) is 14.5 Å². The predicted molar refractivity (Wildman–Crippen MR) is 147 cm³/mol. The molecule has 204 valence electrons. The van der Waals surface area contributed by atoms with Crippen LogP contribution in [0, 0.1) is 11.8 Å². The summed E-state index contributed by atoms with van der Waals surface area (Å²) < 4.78 is 11.6. The SMILES string of the molecule is CC(C)=CCC(CNC(=O)OC(C)(C)C)C(=O)N1C(=O)OC(c2ccccc2)(c2ccccc2)C1C(C)C. The molecule has 1 aliphatic heterocycles. The van der Waals surface area contributed by atoms with Gasteiger partial charge in [-0.2, -0.15) is 0 Å². The number of carbonyl (C=O) groups is 3. The fourth-order valence-electron chi connectivity index (χ4n) is 4.90. The van der Waals surface area contributed by atoms with E-state index < -0.39 is 41.3 Å². The lowest BCUT2D eigenvalue weighted by atomic mass is 9.75. The Morgan fingerprint density at radius 3 is 2.00 bits per heavy atom. The van der Waals surface area contributed by atoms with E-state index in [1.165, 1.54) is 4.90 Å². The van der Waals surface area contributed by atoms with E-state index in [1.54, 1.807) is 20.8 Å². The number of nitrogens with zero attached hydrogens (tertiary/aromatic N) is 1. The third-order valence-corrected chi connectivity index (χ3v) is 6.47. The van der Waals surface area contributed by atoms with E-state index in [0.29, 0.717) is 6.42 Å². The summed E-state index contributed by atoms with van der Waals surface area (Å²) in [7, 11) is 0. The first-order chi connectivity index (χ1) is 17.9. The second-order valence-corrected chi connectivity index (χ2v) is 11.3. The summed E-state index contributed by atoms with van der Waals surface area (Å²) in [5.74, 6) is -1.21. The number of hydrogen-bond acceptors (Lipinski definition) is 5. The Bertz CT molecular complexity index is 1110. The van der Waals surface area contributed by atoms with E-state index in [9.17, 15) is 14.4 Å². The van der Waals surface area contributed by atoms with Gasteiger partial charge in [0.2, 0.25) is 5.91 Å². The largest absolute Gasteiger partial charge is 0.444 e. The Morgan fingerprint density at radius 2 is 1.55 bits per heavy atom. The molecule has 0 bridgehead atoms. The second-order valence-electron chi connectivity index (χ2n) is 11.3. The minimum Gasteiger partial charge on any atom is -0.444 e. The number of cyclic esters (lactones) is 1. The van der Waals surface area contributed by atoms with Gasteiger partial charge in [0, 0.05) is 17.7 Å². The van der Waals surface area contributed by atoms with Crippen molar-refractivity contribution in [2.75, 3.05) is 6.54 Å². The average molecular weight is 521 g/mol. The summed E-state index contributed by atoms with van der Waals surface area (Å²) in [6, 6.07) is 18.5. The van der Waals surface area contributed by atoms with E-state index in [0.717, 1.165) is 16.7 Å². The molecule has 2 unspecified atom stereocenters. The number of benzene rings is 2. The molecule has 1 heterocycles. The molecule has 3 amide bonds. The van der Waals surface area contributed by atoms with Crippen molar-refractivity contribution in [1.82, 2.24) is 10.2 Å². The van der Waals surface area contributed by atoms with Gasteiger partial charge >= 0.3 is 12.2 Å². The molecule has 0 aromatic heterocycles. The number of amides is 3. The van der Waals surface area contributed by atoms with Crippen LogP contribution in [-0.4, -0.2) is 41.2 Å². The lowest BCUT2D eigenvalue weighted by Crippen LogP contribution is -2.52. The maximum absolute atomic E-state index is 14.1. The van der Waals surface area contributed by atoms with Crippen LogP contribution in [0.3, 0.4) is 0 Å². The van der Waals surface area contributed by atoms with Gasteiger partial charge in [0.25, 0.3) is 0 Å². The van der Waals surface area contributed by atoms with Crippen molar-refractivity contribution < 1.29 is 23.9 Å². The number of nitrogens with one attached hydrogen (secondary N) is 1. The highest BCUT2D eigenvalue weighted by Gasteiger charge is 2.59. The van der Waals surface area contributed by atoms with Crippen molar-refractivity contribution in [3.05, 3.63) is 83.4 Å².